The molecule has 0 fully saturated rings. The standard InChI is InChI=1S/C29H23BrClN3O8S/c1-5-41-28(36)25-14(2)32-29-33(26(25)18-12-22(39-3)23(40-4)13-19(18)30)27(35)24(43-29)11-16-7-9-21(42-16)17-8-6-15(34(37)38)10-20(17)31/h6-13,26H,5H2,1-4H3/b24-11-/t26-/m0/s1. The van der Waals surface area contributed by atoms with Gasteiger partial charge in [-0.1, -0.05) is 38.9 Å². The van der Waals surface area contributed by atoms with Gasteiger partial charge in [-0.15, -0.1) is 0 Å². The highest BCUT2D eigenvalue weighted by atomic mass is 79.9. The molecular weight excluding hydrogens is 666 g/mol. The monoisotopic (exact) mass is 687 g/mol. The molecule has 0 spiro atoms. The Hall–Kier alpha value is -4.20. The Morgan fingerprint density at radius 2 is 1.93 bits per heavy atom. The molecule has 0 amide bonds. The molecule has 0 radical (unpaired) electrons. The van der Waals surface area contributed by atoms with E-state index in [2.05, 4.69) is 20.9 Å². The number of nitro benzene ring substituents is 1. The van der Waals surface area contributed by atoms with Crippen LogP contribution in [0.15, 0.2) is 72.4 Å². The summed E-state index contributed by atoms with van der Waals surface area (Å²) >= 11 is 11.0. The predicted molar refractivity (Wildman–Crippen MR) is 163 cm³/mol. The van der Waals surface area contributed by atoms with Gasteiger partial charge in [0.1, 0.15) is 11.5 Å². The Balaban J connectivity index is 1.66. The molecule has 1 atom stereocenters. The minimum atomic E-state index is -0.891. The fourth-order valence-corrected chi connectivity index (χ4v) is 6.52. The number of aromatic nitrogens is 1. The number of nitro groups is 1. The molecule has 43 heavy (non-hydrogen) atoms. The van der Waals surface area contributed by atoms with Gasteiger partial charge >= 0.3 is 5.97 Å². The second-order valence-corrected chi connectivity index (χ2v) is 11.4. The lowest BCUT2D eigenvalue weighted by molar-refractivity contribution is -0.384. The molecule has 0 unspecified atom stereocenters. The summed E-state index contributed by atoms with van der Waals surface area (Å²) in [5.74, 6) is 0.992. The molecule has 3 heterocycles. The van der Waals surface area contributed by atoms with E-state index >= 15 is 0 Å². The molecule has 0 bridgehead atoms. The quantitative estimate of drug-likeness (QED) is 0.136. The summed E-state index contributed by atoms with van der Waals surface area (Å²) < 4.78 is 24.6. The number of benzene rings is 2. The summed E-state index contributed by atoms with van der Waals surface area (Å²) in [5.41, 5.74) is 1.09. The van der Waals surface area contributed by atoms with Gasteiger partial charge in [0.2, 0.25) is 0 Å². The Kier molecular flexibility index (Phi) is 8.58. The molecule has 222 valence electrons. The zero-order chi connectivity index (χ0) is 31.0. The molecule has 2 aromatic carbocycles. The highest BCUT2D eigenvalue weighted by Crippen LogP contribution is 2.41. The third-order valence-electron chi connectivity index (χ3n) is 6.64. The van der Waals surface area contributed by atoms with Crippen LogP contribution >= 0.6 is 38.9 Å². The van der Waals surface area contributed by atoms with Crippen molar-refractivity contribution in [3.63, 3.8) is 0 Å². The van der Waals surface area contributed by atoms with Crippen LogP contribution in [0.2, 0.25) is 5.02 Å². The number of nitrogens with zero attached hydrogens (tertiary/aromatic N) is 3. The first-order chi connectivity index (χ1) is 20.6. The van der Waals surface area contributed by atoms with Gasteiger partial charge < -0.3 is 18.6 Å². The molecular formula is C29H23BrClN3O8S. The number of allylic oxidation sites excluding steroid dienone is 1. The predicted octanol–water partition coefficient (Wildman–Crippen LogP) is 5.40. The molecule has 4 aromatic rings. The van der Waals surface area contributed by atoms with E-state index < -0.39 is 22.5 Å². The number of hydrogen-bond acceptors (Lipinski definition) is 10. The van der Waals surface area contributed by atoms with Crippen LogP contribution in [0.3, 0.4) is 0 Å². The molecule has 1 aliphatic heterocycles. The van der Waals surface area contributed by atoms with Crippen LogP contribution in [0.25, 0.3) is 17.4 Å². The summed E-state index contributed by atoms with van der Waals surface area (Å²) in [6.45, 7) is 3.53. The Labute approximate surface area is 261 Å². The van der Waals surface area contributed by atoms with Crippen molar-refractivity contribution in [1.82, 2.24) is 4.57 Å². The Morgan fingerprint density at radius 3 is 2.58 bits per heavy atom. The highest BCUT2D eigenvalue weighted by molar-refractivity contribution is 9.10. The summed E-state index contributed by atoms with van der Waals surface area (Å²) in [5, 5.41) is 11.2. The number of halogens is 2. The Morgan fingerprint density at radius 1 is 1.21 bits per heavy atom. The van der Waals surface area contributed by atoms with E-state index in [0.29, 0.717) is 53.6 Å². The number of furan rings is 1. The molecule has 0 saturated carbocycles. The van der Waals surface area contributed by atoms with Crippen molar-refractivity contribution >= 4 is 56.6 Å². The van der Waals surface area contributed by atoms with Crippen molar-refractivity contribution < 1.29 is 28.3 Å². The van der Waals surface area contributed by atoms with Gasteiger partial charge in [0.15, 0.2) is 16.3 Å². The van der Waals surface area contributed by atoms with Crippen molar-refractivity contribution in [2.75, 3.05) is 20.8 Å². The van der Waals surface area contributed by atoms with Gasteiger partial charge in [0.25, 0.3) is 11.2 Å². The summed E-state index contributed by atoms with van der Waals surface area (Å²) in [4.78, 5) is 42.7. The van der Waals surface area contributed by atoms with Crippen molar-refractivity contribution in [3.8, 4) is 22.8 Å². The lowest BCUT2D eigenvalue weighted by Gasteiger charge is -2.26. The molecule has 5 rings (SSSR count). The smallest absolute Gasteiger partial charge is 0.338 e. The van der Waals surface area contributed by atoms with Gasteiger partial charge in [-0.3, -0.25) is 19.5 Å². The number of carbonyl (C=O) groups excluding carboxylic acids is 1. The Bertz CT molecular complexity index is 1990. The third kappa shape index (κ3) is 5.63. The summed E-state index contributed by atoms with van der Waals surface area (Å²) in [6, 6.07) is 9.90. The van der Waals surface area contributed by atoms with Crippen LogP contribution in [-0.2, 0) is 9.53 Å². The largest absolute Gasteiger partial charge is 0.493 e. The maximum absolute atomic E-state index is 14.0. The van der Waals surface area contributed by atoms with Crippen LogP contribution < -0.4 is 24.4 Å². The minimum absolute atomic E-state index is 0.138. The molecule has 0 saturated heterocycles. The van der Waals surface area contributed by atoms with Crippen molar-refractivity contribution in [1.29, 1.82) is 0 Å². The van der Waals surface area contributed by atoms with Crippen LogP contribution in [0.4, 0.5) is 5.69 Å². The normalized spacial score (nSPS) is 14.7. The van der Waals surface area contributed by atoms with E-state index in [9.17, 15) is 19.7 Å². The summed E-state index contributed by atoms with van der Waals surface area (Å²) in [6.07, 6.45) is 1.57. The first kappa shape index (κ1) is 30.3. The van der Waals surface area contributed by atoms with Crippen LogP contribution in [0.1, 0.15) is 31.2 Å². The highest BCUT2D eigenvalue weighted by Gasteiger charge is 2.35. The van der Waals surface area contributed by atoms with E-state index in [0.717, 1.165) is 11.3 Å². The first-order valence-electron chi connectivity index (χ1n) is 12.7. The minimum Gasteiger partial charge on any atom is -0.493 e. The number of fused-ring (bicyclic) bond motifs is 1. The molecule has 1 aliphatic rings. The average molecular weight is 689 g/mol. The van der Waals surface area contributed by atoms with Crippen LogP contribution in [0, 0.1) is 10.1 Å². The number of non-ortho nitro benzene ring substituents is 1. The number of thiazole rings is 1. The second-order valence-electron chi connectivity index (χ2n) is 9.15. The molecule has 2 aromatic heterocycles. The summed E-state index contributed by atoms with van der Waals surface area (Å²) in [7, 11) is 3.01. The maximum Gasteiger partial charge on any atom is 0.338 e. The van der Waals surface area contributed by atoms with E-state index in [1.54, 1.807) is 44.2 Å². The molecule has 14 heteroatoms. The van der Waals surface area contributed by atoms with Gasteiger partial charge in [-0.05, 0) is 49.7 Å². The second kappa shape index (κ2) is 12.2. The SMILES string of the molecule is CCOC(=O)C1=C(C)N=c2s/c(=C\c3ccc(-c4ccc([N+](=O)[O-])cc4Cl)o3)c(=O)n2[C@H]1c1cc(OC)c(OC)cc1Br. The number of rotatable bonds is 8. The topological polar surface area (TPSA) is 135 Å². The number of ether oxygens (including phenoxy) is 3. The van der Waals surface area contributed by atoms with Gasteiger partial charge in [-0.2, -0.15) is 0 Å². The zero-order valence-corrected chi connectivity index (χ0v) is 26.3. The third-order valence-corrected chi connectivity index (χ3v) is 8.63. The molecule has 11 nitrogen and oxygen atoms in total. The van der Waals surface area contributed by atoms with Crippen LogP contribution in [0.5, 0.6) is 11.5 Å². The lowest BCUT2D eigenvalue weighted by Crippen LogP contribution is -2.40. The number of carbonyl (C=O) groups is 1. The molecule has 0 aliphatic carbocycles. The van der Waals surface area contributed by atoms with Gasteiger partial charge in [0.05, 0.1) is 52.6 Å². The number of methoxy groups -OCH3 is 2. The average Bonchev–Trinajstić information content (AvgIpc) is 3.56. The van der Waals surface area contributed by atoms with E-state index in [1.807, 2.05) is 0 Å². The van der Waals surface area contributed by atoms with Crippen molar-refractivity contribution in [3.05, 3.63) is 104 Å². The van der Waals surface area contributed by atoms with Crippen molar-refractivity contribution in [2.45, 2.75) is 19.9 Å². The van der Waals surface area contributed by atoms with Crippen molar-refractivity contribution in [2.24, 2.45) is 4.99 Å². The van der Waals surface area contributed by atoms with Crippen LogP contribution in [-0.4, -0.2) is 36.3 Å². The number of esters is 1. The fourth-order valence-electron chi connectivity index (χ4n) is 4.69. The molecule has 0 N–H and O–H groups in total. The first-order valence-corrected chi connectivity index (χ1v) is 14.7. The van der Waals surface area contributed by atoms with Gasteiger partial charge in [0, 0.05) is 28.2 Å². The zero-order valence-electron chi connectivity index (χ0n) is 23.2. The van der Waals surface area contributed by atoms with E-state index in [1.165, 1.54) is 37.0 Å². The number of hydrogen-bond donors (Lipinski definition) is 0. The fraction of sp³-hybridized carbons (Fsp3) is 0.207. The lowest BCUT2D eigenvalue weighted by atomic mass is 9.95. The maximum atomic E-state index is 14.0. The van der Waals surface area contributed by atoms with E-state index in [4.69, 9.17) is 30.2 Å². The van der Waals surface area contributed by atoms with Gasteiger partial charge in [-0.25, -0.2) is 9.79 Å². The van der Waals surface area contributed by atoms with E-state index in [-0.39, 0.29) is 22.9 Å².